The SMILES string of the molecule is c1ccc(-c2ccc(-c3cc(-c4ccccc4)nc(-c4ccc(-n5c6ccccc6c6c7ccccc7nc(-c7ccc8c9ccccc9c9ccccc9c8c7)c65)cc4)n3)cc2)cc1. The number of aromatic nitrogens is 4. The lowest BCUT2D eigenvalue weighted by molar-refractivity contribution is 1.16. The second kappa shape index (κ2) is 15.0. The number of fused-ring (bicyclic) bond motifs is 11. The molecule has 13 rings (SSSR count). The van der Waals surface area contributed by atoms with E-state index in [-0.39, 0.29) is 0 Å². The minimum atomic E-state index is 0.673. The summed E-state index contributed by atoms with van der Waals surface area (Å²) in [7, 11) is 0. The summed E-state index contributed by atoms with van der Waals surface area (Å²) in [4.78, 5) is 15.9. The van der Waals surface area contributed by atoms with E-state index in [1.165, 1.54) is 54.2 Å². The Morgan fingerprint density at radius 3 is 1.42 bits per heavy atom. The Bertz CT molecular complexity index is 3930. The first-order valence-electron chi connectivity index (χ1n) is 22.1. The van der Waals surface area contributed by atoms with Gasteiger partial charge >= 0.3 is 0 Å². The molecule has 13 aromatic rings. The molecule has 0 radical (unpaired) electrons. The minimum Gasteiger partial charge on any atom is -0.307 e. The van der Waals surface area contributed by atoms with E-state index in [0.29, 0.717) is 5.82 Å². The molecule has 0 fully saturated rings. The van der Waals surface area contributed by atoms with Crippen molar-refractivity contribution in [3.8, 4) is 62.0 Å². The first kappa shape index (κ1) is 36.9. The van der Waals surface area contributed by atoms with Crippen LogP contribution in [-0.2, 0) is 0 Å². The zero-order chi connectivity index (χ0) is 42.8. The lowest BCUT2D eigenvalue weighted by Crippen LogP contribution is -1.99. The predicted molar refractivity (Wildman–Crippen MR) is 271 cm³/mol. The van der Waals surface area contributed by atoms with Crippen LogP contribution in [0.2, 0.25) is 0 Å². The van der Waals surface area contributed by atoms with Crippen LogP contribution in [0, 0.1) is 0 Å². The Balaban J connectivity index is 0.996. The van der Waals surface area contributed by atoms with Gasteiger partial charge in [-0.2, -0.15) is 0 Å². The summed E-state index contributed by atoms with van der Waals surface area (Å²) in [6.45, 7) is 0. The molecule has 0 aliphatic rings. The molecule has 0 N–H and O–H groups in total. The van der Waals surface area contributed by atoms with Crippen molar-refractivity contribution >= 4 is 65.0 Å². The van der Waals surface area contributed by atoms with Gasteiger partial charge in [0, 0.05) is 44.1 Å². The fraction of sp³-hybridized carbons (Fsp3) is 0. The van der Waals surface area contributed by atoms with E-state index in [9.17, 15) is 0 Å². The van der Waals surface area contributed by atoms with Crippen LogP contribution in [0.5, 0.6) is 0 Å². The first-order chi connectivity index (χ1) is 32.2. The second-order valence-electron chi connectivity index (χ2n) is 16.7. The average molecular weight is 827 g/mol. The van der Waals surface area contributed by atoms with Crippen molar-refractivity contribution in [3.05, 3.63) is 231 Å². The quantitative estimate of drug-likeness (QED) is 0.157. The second-order valence-corrected chi connectivity index (χ2v) is 16.7. The van der Waals surface area contributed by atoms with E-state index in [4.69, 9.17) is 15.0 Å². The highest BCUT2D eigenvalue weighted by atomic mass is 15.0. The Morgan fingerprint density at radius 1 is 0.292 bits per heavy atom. The smallest absolute Gasteiger partial charge is 0.160 e. The van der Waals surface area contributed by atoms with Crippen LogP contribution in [0.4, 0.5) is 0 Å². The maximum atomic E-state index is 5.53. The Hall–Kier alpha value is -8.73. The summed E-state index contributed by atoms with van der Waals surface area (Å²) in [5, 5.41) is 11.0. The minimum absolute atomic E-state index is 0.673. The molecular weight excluding hydrogens is 789 g/mol. The van der Waals surface area contributed by atoms with E-state index in [1.807, 2.05) is 12.1 Å². The van der Waals surface area contributed by atoms with Crippen LogP contribution in [-0.4, -0.2) is 19.5 Å². The zero-order valence-corrected chi connectivity index (χ0v) is 35.2. The van der Waals surface area contributed by atoms with E-state index in [2.05, 4.69) is 223 Å². The van der Waals surface area contributed by atoms with Gasteiger partial charge in [0.2, 0.25) is 0 Å². The number of para-hydroxylation sites is 2. The number of pyridine rings is 1. The normalized spacial score (nSPS) is 11.7. The number of hydrogen-bond acceptors (Lipinski definition) is 3. The highest BCUT2D eigenvalue weighted by Gasteiger charge is 2.22. The van der Waals surface area contributed by atoms with Crippen LogP contribution in [0.25, 0.3) is 127 Å². The average Bonchev–Trinajstić information content (AvgIpc) is 3.74. The largest absolute Gasteiger partial charge is 0.307 e. The van der Waals surface area contributed by atoms with Gasteiger partial charge in [0.15, 0.2) is 5.82 Å². The topological polar surface area (TPSA) is 43.6 Å². The van der Waals surface area contributed by atoms with Crippen LogP contribution in [0.15, 0.2) is 231 Å². The molecule has 4 heteroatoms. The Kier molecular flexibility index (Phi) is 8.50. The van der Waals surface area contributed by atoms with Crippen molar-refractivity contribution in [3.63, 3.8) is 0 Å². The van der Waals surface area contributed by atoms with E-state index in [0.717, 1.165) is 67.0 Å². The Labute approximate surface area is 375 Å². The highest BCUT2D eigenvalue weighted by molar-refractivity contribution is 6.27. The molecule has 0 saturated heterocycles. The molecule has 302 valence electrons. The third-order valence-corrected chi connectivity index (χ3v) is 13.0. The van der Waals surface area contributed by atoms with Gasteiger partial charge in [0.05, 0.1) is 33.6 Å². The van der Waals surface area contributed by atoms with Gasteiger partial charge in [0.1, 0.15) is 0 Å². The summed E-state index contributed by atoms with van der Waals surface area (Å²) >= 11 is 0. The van der Waals surface area contributed by atoms with Gasteiger partial charge in [-0.05, 0) is 92.0 Å². The molecule has 0 spiro atoms. The number of nitrogens with zero attached hydrogens (tertiary/aromatic N) is 4. The molecule has 0 aliphatic carbocycles. The van der Waals surface area contributed by atoms with Gasteiger partial charge in [-0.3, -0.25) is 0 Å². The van der Waals surface area contributed by atoms with E-state index in [1.54, 1.807) is 0 Å². The molecule has 0 atom stereocenters. The van der Waals surface area contributed by atoms with Crippen LogP contribution < -0.4 is 0 Å². The molecule has 0 bridgehead atoms. The summed E-state index contributed by atoms with van der Waals surface area (Å²) in [5.74, 6) is 0.673. The molecule has 3 aromatic heterocycles. The third kappa shape index (κ3) is 6.11. The third-order valence-electron chi connectivity index (χ3n) is 13.0. The van der Waals surface area contributed by atoms with Crippen molar-refractivity contribution < 1.29 is 0 Å². The van der Waals surface area contributed by atoms with Crippen LogP contribution in [0.3, 0.4) is 0 Å². The number of rotatable bonds is 6. The molecule has 0 aliphatic heterocycles. The van der Waals surface area contributed by atoms with Crippen molar-refractivity contribution in [1.82, 2.24) is 19.5 Å². The molecule has 0 saturated carbocycles. The van der Waals surface area contributed by atoms with E-state index >= 15 is 0 Å². The number of hydrogen-bond donors (Lipinski definition) is 0. The number of benzene rings is 10. The first-order valence-corrected chi connectivity index (χ1v) is 22.1. The standard InChI is InChI=1S/C61H38N4/c1-3-15-39(16-4-1)40-27-29-42(30-28-40)56-38-55(41-17-5-2-6-18-41)63-61(64-56)43-31-34-45(35-32-43)65-57-26-14-12-24-52(57)58-51-23-11-13-25-54(51)62-59(60(58)65)44-33-36-50-48-21-8-7-19-46(48)47-20-9-10-22-49(47)53(50)37-44/h1-38H. The fourth-order valence-corrected chi connectivity index (χ4v) is 9.92. The van der Waals surface area contributed by atoms with Crippen LogP contribution in [0.1, 0.15) is 0 Å². The summed E-state index contributed by atoms with van der Waals surface area (Å²) in [6.07, 6.45) is 0. The van der Waals surface area contributed by atoms with Crippen molar-refractivity contribution in [2.75, 3.05) is 0 Å². The summed E-state index contributed by atoms with van der Waals surface area (Å²) < 4.78 is 2.40. The Morgan fingerprint density at radius 2 is 0.754 bits per heavy atom. The summed E-state index contributed by atoms with van der Waals surface area (Å²) in [5.41, 5.74) is 13.3. The van der Waals surface area contributed by atoms with Crippen molar-refractivity contribution in [1.29, 1.82) is 0 Å². The van der Waals surface area contributed by atoms with Crippen molar-refractivity contribution in [2.45, 2.75) is 0 Å². The maximum Gasteiger partial charge on any atom is 0.160 e. The van der Waals surface area contributed by atoms with E-state index < -0.39 is 0 Å². The monoisotopic (exact) mass is 826 g/mol. The zero-order valence-electron chi connectivity index (χ0n) is 35.2. The summed E-state index contributed by atoms with van der Waals surface area (Å²) in [6, 6.07) is 82.0. The van der Waals surface area contributed by atoms with Gasteiger partial charge in [-0.15, -0.1) is 0 Å². The van der Waals surface area contributed by atoms with Gasteiger partial charge < -0.3 is 4.57 Å². The van der Waals surface area contributed by atoms with Crippen molar-refractivity contribution in [2.24, 2.45) is 0 Å². The molecule has 4 nitrogen and oxygen atoms in total. The molecular formula is C61H38N4. The molecule has 0 unspecified atom stereocenters. The highest BCUT2D eigenvalue weighted by Crippen LogP contribution is 2.43. The predicted octanol–water partition coefficient (Wildman–Crippen LogP) is 15.9. The molecule has 65 heavy (non-hydrogen) atoms. The van der Waals surface area contributed by atoms with Gasteiger partial charge in [-0.25, -0.2) is 15.0 Å². The lowest BCUT2D eigenvalue weighted by atomic mass is 9.92. The lowest BCUT2D eigenvalue weighted by Gasteiger charge is -2.15. The van der Waals surface area contributed by atoms with Gasteiger partial charge in [-0.1, -0.05) is 182 Å². The molecule has 10 aromatic carbocycles. The molecule has 0 amide bonds. The van der Waals surface area contributed by atoms with Crippen LogP contribution >= 0.6 is 0 Å². The van der Waals surface area contributed by atoms with Gasteiger partial charge in [0.25, 0.3) is 0 Å². The maximum absolute atomic E-state index is 5.53. The fourth-order valence-electron chi connectivity index (χ4n) is 9.92. The molecule has 3 heterocycles.